The van der Waals surface area contributed by atoms with Crippen LogP contribution < -0.4 is 4.90 Å². The number of hydrogen-bond acceptors (Lipinski definition) is 8. The van der Waals surface area contributed by atoms with Crippen LogP contribution in [0.2, 0.25) is 0 Å². The van der Waals surface area contributed by atoms with Gasteiger partial charge in [0.1, 0.15) is 0 Å². The van der Waals surface area contributed by atoms with Gasteiger partial charge in [0.15, 0.2) is 5.16 Å². The first kappa shape index (κ1) is 22.4. The predicted octanol–water partition coefficient (Wildman–Crippen LogP) is 4.47. The molecular formula is C22H19F3N6O2S. The summed E-state index contributed by atoms with van der Waals surface area (Å²) in [5.41, 5.74) is 0.634. The number of para-hydroxylation sites is 1. The van der Waals surface area contributed by atoms with Crippen molar-refractivity contribution >= 4 is 17.7 Å². The van der Waals surface area contributed by atoms with Gasteiger partial charge in [-0.15, -0.1) is 10.2 Å². The molecule has 5 rings (SSSR count). The van der Waals surface area contributed by atoms with Crippen molar-refractivity contribution in [2.75, 3.05) is 31.2 Å². The number of thioether (sulfide) groups is 1. The Morgan fingerprint density at radius 1 is 0.941 bits per heavy atom. The molecule has 34 heavy (non-hydrogen) atoms. The number of aromatic nitrogens is 5. The van der Waals surface area contributed by atoms with Crippen LogP contribution in [0.25, 0.3) is 17.1 Å². The quantitative estimate of drug-likeness (QED) is 0.368. The zero-order valence-electron chi connectivity index (χ0n) is 17.8. The predicted molar refractivity (Wildman–Crippen MR) is 119 cm³/mol. The molecule has 0 spiro atoms. The second-order valence-corrected chi connectivity index (χ2v) is 8.37. The number of hydrogen-bond donors (Lipinski definition) is 0. The molecule has 2 aromatic heterocycles. The number of alkyl halides is 3. The summed E-state index contributed by atoms with van der Waals surface area (Å²) in [5.74, 6) is 1.60. The minimum Gasteiger partial charge on any atom is -0.378 e. The molecule has 8 nitrogen and oxygen atoms in total. The molecule has 2 aromatic carbocycles. The number of halogens is 3. The first-order valence-electron chi connectivity index (χ1n) is 10.5. The van der Waals surface area contributed by atoms with E-state index in [4.69, 9.17) is 9.26 Å². The molecule has 0 atom stereocenters. The lowest BCUT2D eigenvalue weighted by atomic mass is 10.1. The number of benzene rings is 2. The molecule has 0 bridgehead atoms. The smallest absolute Gasteiger partial charge is 0.378 e. The minimum absolute atomic E-state index is 0.225. The zero-order valence-corrected chi connectivity index (χ0v) is 18.6. The van der Waals surface area contributed by atoms with E-state index in [9.17, 15) is 13.2 Å². The summed E-state index contributed by atoms with van der Waals surface area (Å²) in [6.45, 7) is 2.68. The van der Waals surface area contributed by atoms with Crippen LogP contribution in [0.1, 0.15) is 11.5 Å². The van der Waals surface area contributed by atoms with Crippen molar-refractivity contribution in [1.82, 2.24) is 24.9 Å². The summed E-state index contributed by atoms with van der Waals surface area (Å²) >= 11 is 1.38. The maximum absolute atomic E-state index is 12.8. The maximum atomic E-state index is 12.8. The van der Waals surface area contributed by atoms with Crippen LogP contribution in [0.4, 0.5) is 19.1 Å². The van der Waals surface area contributed by atoms with Gasteiger partial charge in [-0.2, -0.15) is 18.2 Å². The van der Waals surface area contributed by atoms with Crippen molar-refractivity contribution in [1.29, 1.82) is 0 Å². The fourth-order valence-electron chi connectivity index (χ4n) is 3.49. The van der Waals surface area contributed by atoms with E-state index >= 15 is 0 Å². The van der Waals surface area contributed by atoms with Gasteiger partial charge in [-0.25, -0.2) is 0 Å². The fourth-order valence-corrected chi connectivity index (χ4v) is 4.28. The van der Waals surface area contributed by atoms with E-state index in [-0.39, 0.29) is 5.82 Å². The van der Waals surface area contributed by atoms with Crippen molar-refractivity contribution in [3.63, 3.8) is 0 Å². The molecule has 176 valence electrons. The second-order valence-electron chi connectivity index (χ2n) is 7.43. The Morgan fingerprint density at radius 3 is 2.38 bits per heavy atom. The lowest BCUT2D eigenvalue weighted by Gasteiger charge is -2.27. The monoisotopic (exact) mass is 488 g/mol. The number of anilines is 1. The van der Waals surface area contributed by atoms with Crippen LogP contribution in [-0.4, -0.2) is 51.2 Å². The number of nitrogens with zero attached hydrogens (tertiary/aromatic N) is 6. The molecule has 1 saturated heterocycles. The first-order chi connectivity index (χ1) is 16.5. The Kier molecular flexibility index (Phi) is 6.24. The molecular weight excluding hydrogens is 469 g/mol. The summed E-state index contributed by atoms with van der Waals surface area (Å²) in [5, 5.41) is 13.3. The van der Waals surface area contributed by atoms with Crippen LogP contribution in [-0.2, 0) is 16.7 Å². The Labute approximate surface area is 196 Å². The normalized spacial score (nSPS) is 14.5. The van der Waals surface area contributed by atoms with E-state index in [1.165, 1.54) is 23.9 Å². The topological polar surface area (TPSA) is 82.1 Å². The van der Waals surface area contributed by atoms with E-state index in [0.29, 0.717) is 35.6 Å². The Hall–Kier alpha value is -3.38. The molecule has 0 saturated carbocycles. The van der Waals surface area contributed by atoms with Crippen molar-refractivity contribution < 1.29 is 22.4 Å². The summed E-state index contributed by atoms with van der Waals surface area (Å²) < 4.78 is 51.1. The molecule has 0 unspecified atom stereocenters. The molecule has 12 heteroatoms. The van der Waals surface area contributed by atoms with Gasteiger partial charge in [0.2, 0.25) is 17.7 Å². The lowest BCUT2D eigenvalue weighted by molar-refractivity contribution is -0.137. The molecule has 0 radical (unpaired) electrons. The first-order valence-corrected chi connectivity index (χ1v) is 11.4. The Bertz CT molecular complexity index is 1240. The minimum atomic E-state index is -4.40. The molecule has 0 N–H and O–H groups in total. The third kappa shape index (κ3) is 4.77. The number of rotatable bonds is 6. The SMILES string of the molecule is FC(F)(F)c1ccc(-c2noc(CSc3nnc(N4CCOCC4)n3-c3ccccc3)n2)cc1. The van der Waals surface area contributed by atoms with Crippen molar-refractivity contribution in [3.8, 4) is 17.1 Å². The van der Waals surface area contributed by atoms with E-state index < -0.39 is 11.7 Å². The Balaban J connectivity index is 1.35. The van der Waals surface area contributed by atoms with Gasteiger partial charge in [0, 0.05) is 18.7 Å². The highest BCUT2D eigenvalue weighted by atomic mass is 32.2. The van der Waals surface area contributed by atoms with Crippen molar-refractivity contribution in [3.05, 3.63) is 66.1 Å². The average Bonchev–Trinajstić information content (AvgIpc) is 3.51. The highest BCUT2D eigenvalue weighted by Gasteiger charge is 2.30. The van der Waals surface area contributed by atoms with Crippen LogP contribution in [0.15, 0.2) is 64.3 Å². The molecule has 3 heterocycles. The average molecular weight is 488 g/mol. The largest absolute Gasteiger partial charge is 0.416 e. The third-order valence-corrected chi connectivity index (χ3v) is 6.10. The standard InChI is InChI=1S/C22H19F3N6O2S/c23-22(24,25)16-8-6-15(7-9-16)19-26-18(33-29-19)14-34-21-28-27-20(30-10-12-32-13-11-30)31(21)17-4-2-1-3-5-17/h1-9H,10-14H2. The summed E-state index contributed by atoms with van der Waals surface area (Å²) in [4.78, 5) is 6.45. The van der Waals surface area contributed by atoms with Crippen LogP contribution in [0.3, 0.4) is 0 Å². The third-order valence-electron chi connectivity index (χ3n) is 5.19. The number of ether oxygens (including phenoxy) is 1. The molecule has 1 fully saturated rings. The maximum Gasteiger partial charge on any atom is 0.416 e. The molecule has 1 aliphatic rings. The van der Waals surface area contributed by atoms with Gasteiger partial charge in [0.25, 0.3) is 0 Å². The van der Waals surface area contributed by atoms with Crippen molar-refractivity contribution in [2.45, 2.75) is 17.1 Å². The van der Waals surface area contributed by atoms with Gasteiger partial charge >= 0.3 is 6.18 Å². The van der Waals surface area contributed by atoms with E-state index in [0.717, 1.165) is 36.9 Å². The molecule has 1 aliphatic heterocycles. The highest BCUT2D eigenvalue weighted by Crippen LogP contribution is 2.31. The van der Waals surface area contributed by atoms with E-state index in [1.54, 1.807) is 0 Å². The summed E-state index contributed by atoms with van der Waals surface area (Å²) in [6.07, 6.45) is -4.40. The van der Waals surface area contributed by atoms with Gasteiger partial charge in [0.05, 0.1) is 30.2 Å². The summed E-state index contributed by atoms with van der Waals surface area (Å²) in [6, 6.07) is 14.4. The van der Waals surface area contributed by atoms with Crippen LogP contribution in [0.5, 0.6) is 0 Å². The van der Waals surface area contributed by atoms with E-state index in [1.807, 2.05) is 34.9 Å². The molecule has 4 aromatic rings. The second kappa shape index (κ2) is 9.47. The summed E-state index contributed by atoms with van der Waals surface area (Å²) in [7, 11) is 0. The van der Waals surface area contributed by atoms with Gasteiger partial charge in [-0.3, -0.25) is 4.57 Å². The molecule has 0 amide bonds. The highest BCUT2D eigenvalue weighted by molar-refractivity contribution is 7.98. The number of morpholine rings is 1. The zero-order chi connectivity index (χ0) is 23.5. The van der Waals surface area contributed by atoms with Crippen molar-refractivity contribution in [2.24, 2.45) is 0 Å². The lowest BCUT2D eigenvalue weighted by Crippen LogP contribution is -2.37. The van der Waals surface area contributed by atoms with Crippen LogP contribution in [0, 0.1) is 0 Å². The van der Waals surface area contributed by atoms with Gasteiger partial charge in [-0.1, -0.05) is 47.3 Å². The van der Waals surface area contributed by atoms with E-state index in [2.05, 4.69) is 25.2 Å². The molecule has 0 aliphatic carbocycles. The van der Waals surface area contributed by atoms with Gasteiger partial charge in [-0.05, 0) is 24.3 Å². The van der Waals surface area contributed by atoms with Crippen LogP contribution >= 0.6 is 11.8 Å². The van der Waals surface area contributed by atoms with Gasteiger partial charge < -0.3 is 14.2 Å². The fraction of sp³-hybridized carbons (Fsp3) is 0.273. The Morgan fingerprint density at radius 2 is 1.68 bits per heavy atom.